The minimum atomic E-state index is 0.937. The third-order valence-electron chi connectivity index (χ3n) is 3.44. The van der Waals surface area contributed by atoms with E-state index in [4.69, 9.17) is 0 Å². The van der Waals surface area contributed by atoms with E-state index < -0.39 is 0 Å². The first-order chi connectivity index (χ1) is 10.1. The van der Waals surface area contributed by atoms with Crippen LogP contribution in [0.4, 0.5) is 0 Å². The van der Waals surface area contributed by atoms with Gasteiger partial charge in [-0.05, 0) is 45.4 Å². The lowest BCUT2D eigenvalue weighted by molar-refractivity contribution is 0.540. The predicted octanol–water partition coefficient (Wildman–Crippen LogP) is 3.58. The third kappa shape index (κ3) is 5.20. The maximum atomic E-state index is 4.48. The van der Waals surface area contributed by atoms with Gasteiger partial charge in [0.25, 0.3) is 0 Å². The van der Waals surface area contributed by atoms with Gasteiger partial charge in [-0.25, -0.2) is 0 Å². The highest BCUT2D eigenvalue weighted by Gasteiger charge is 1.99. The number of aryl methyl sites for hydroxylation is 3. The molecule has 0 fully saturated rings. The molecule has 3 nitrogen and oxygen atoms in total. The summed E-state index contributed by atoms with van der Waals surface area (Å²) < 4.78 is 2.09. The topological polar surface area (TPSA) is 29.9 Å². The van der Waals surface area contributed by atoms with Gasteiger partial charge in [-0.3, -0.25) is 4.68 Å². The van der Waals surface area contributed by atoms with Gasteiger partial charge in [-0.15, -0.1) is 0 Å². The van der Waals surface area contributed by atoms with Crippen molar-refractivity contribution >= 4 is 6.08 Å². The fourth-order valence-corrected chi connectivity index (χ4v) is 2.43. The Bertz CT molecular complexity index is 582. The average molecular weight is 283 g/mol. The van der Waals surface area contributed by atoms with Crippen LogP contribution in [0.3, 0.4) is 0 Å². The molecule has 1 aromatic carbocycles. The van der Waals surface area contributed by atoms with Crippen molar-refractivity contribution in [3.05, 3.63) is 58.9 Å². The molecule has 112 valence electrons. The highest BCUT2D eigenvalue weighted by molar-refractivity contribution is 5.52. The summed E-state index contributed by atoms with van der Waals surface area (Å²) >= 11 is 0. The molecule has 2 aromatic rings. The molecular weight excluding hydrogens is 258 g/mol. The molecule has 0 aliphatic heterocycles. The van der Waals surface area contributed by atoms with Gasteiger partial charge < -0.3 is 5.32 Å². The molecule has 21 heavy (non-hydrogen) atoms. The van der Waals surface area contributed by atoms with Crippen LogP contribution in [-0.4, -0.2) is 22.9 Å². The molecule has 0 amide bonds. The first kappa shape index (κ1) is 15.5. The minimum Gasteiger partial charge on any atom is -0.313 e. The number of rotatable bonds is 7. The number of aromatic nitrogens is 2. The van der Waals surface area contributed by atoms with Crippen molar-refractivity contribution in [1.82, 2.24) is 15.1 Å². The molecule has 0 saturated heterocycles. The Labute approximate surface area is 127 Å². The normalized spacial score (nSPS) is 11.9. The lowest BCUT2D eigenvalue weighted by Gasteiger charge is -2.07. The summed E-state index contributed by atoms with van der Waals surface area (Å²) in [6.45, 7) is 9.25. The zero-order valence-electron chi connectivity index (χ0n) is 13.3. The van der Waals surface area contributed by atoms with Gasteiger partial charge in [0.1, 0.15) is 0 Å². The lowest BCUT2D eigenvalue weighted by Crippen LogP contribution is -2.19. The molecular formula is C18H25N3. The number of benzene rings is 1. The van der Waals surface area contributed by atoms with E-state index >= 15 is 0 Å². The Balaban J connectivity index is 1.68. The monoisotopic (exact) mass is 283 g/mol. The van der Waals surface area contributed by atoms with Gasteiger partial charge in [0.2, 0.25) is 0 Å². The van der Waals surface area contributed by atoms with Gasteiger partial charge in [-0.2, -0.15) is 5.10 Å². The molecule has 0 spiro atoms. The molecule has 0 aliphatic rings. The fraction of sp³-hybridized carbons (Fsp3) is 0.389. The van der Waals surface area contributed by atoms with Crippen molar-refractivity contribution in [2.75, 3.05) is 13.1 Å². The van der Waals surface area contributed by atoms with Crippen molar-refractivity contribution in [2.24, 2.45) is 0 Å². The van der Waals surface area contributed by atoms with E-state index in [1.807, 2.05) is 13.0 Å². The van der Waals surface area contributed by atoms with Crippen LogP contribution < -0.4 is 5.32 Å². The van der Waals surface area contributed by atoms with Crippen LogP contribution in [0.2, 0.25) is 0 Å². The minimum absolute atomic E-state index is 0.937. The van der Waals surface area contributed by atoms with Crippen molar-refractivity contribution in [3.8, 4) is 0 Å². The average Bonchev–Trinajstić information content (AvgIpc) is 2.78. The Morgan fingerprint density at radius 2 is 2.00 bits per heavy atom. The van der Waals surface area contributed by atoms with Gasteiger partial charge in [-0.1, -0.05) is 42.0 Å². The summed E-state index contributed by atoms with van der Waals surface area (Å²) in [5.74, 6) is 0. The maximum Gasteiger partial charge on any atom is 0.0596 e. The van der Waals surface area contributed by atoms with E-state index in [0.29, 0.717) is 0 Å². The molecule has 0 saturated carbocycles. The Hall–Kier alpha value is -1.87. The molecule has 3 heteroatoms. The van der Waals surface area contributed by atoms with Gasteiger partial charge in [0, 0.05) is 18.8 Å². The van der Waals surface area contributed by atoms with Crippen LogP contribution in [0.25, 0.3) is 6.08 Å². The summed E-state index contributed by atoms with van der Waals surface area (Å²) in [6, 6.07) is 12.6. The predicted molar refractivity (Wildman–Crippen MR) is 89.3 cm³/mol. The lowest BCUT2D eigenvalue weighted by atomic mass is 10.1. The second-order valence-corrected chi connectivity index (χ2v) is 5.58. The molecule has 2 rings (SSSR count). The summed E-state index contributed by atoms with van der Waals surface area (Å²) in [6.07, 6.45) is 3.33. The highest BCUT2D eigenvalue weighted by atomic mass is 15.3. The van der Waals surface area contributed by atoms with Crippen molar-refractivity contribution < 1.29 is 0 Å². The second kappa shape index (κ2) is 7.79. The SMILES string of the molecule is C/C(=C/c1ccccc1)CNCCCn1nc(C)cc1C. The fourth-order valence-electron chi connectivity index (χ4n) is 2.43. The molecule has 1 heterocycles. The molecule has 0 atom stereocenters. The summed E-state index contributed by atoms with van der Waals surface area (Å²) in [7, 11) is 0. The second-order valence-electron chi connectivity index (χ2n) is 5.58. The van der Waals surface area contributed by atoms with Crippen LogP contribution in [0.5, 0.6) is 0 Å². The van der Waals surface area contributed by atoms with Crippen molar-refractivity contribution in [3.63, 3.8) is 0 Å². The molecule has 0 unspecified atom stereocenters. The summed E-state index contributed by atoms with van der Waals surface area (Å²) in [5.41, 5.74) is 4.96. The molecule has 0 radical (unpaired) electrons. The van der Waals surface area contributed by atoms with E-state index in [1.54, 1.807) is 0 Å². The number of nitrogens with one attached hydrogen (secondary N) is 1. The Morgan fingerprint density at radius 3 is 2.67 bits per heavy atom. The van der Waals surface area contributed by atoms with Crippen LogP contribution in [0.15, 0.2) is 42.0 Å². The first-order valence-corrected chi connectivity index (χ1v) is 7.59. The summed E-state index contributed by atoms with van der Waals surface area (Å²) in [5, 5.41) is 7.97. The van der Waals surface area contributed by atoms with E-state index in [9.17, 15) is 0 Å². The van der Waals surface area contributed by atoms with E-state index in [0.717, 1.165) is 31.7 Å². The van der Waals surface area contributed by atoms with E-state index in [2.05, 4.69) is 65.4 Å². The van der Waals surface area contributed by atoms with E-state index in [-0.39, 0.29) is 0 Å². The van der Waals surface area contributed by atoms with Gasteiger partial charge in [0.05, 0.1) is 5.69 Å². The molecule has 1 aromatic heterocycles. The standard InChI is InChI=1S/C18H25N3/c1-15(12-18-8-5-4-6-9-18)14-19-10-7-11-21-17(3)13-16(2)20-21/h4-6,8-9,12-13,19H,7,10-11,14H2,1-3H3/b15-12-. The molecule has 0 bridgehead atoms. The Kier molecular flexibility index (Phi) is 5.76. The number of hydrogen-bond acceptors (Lipinski definition) is 2. The smallest absolute Gasteiger partial charge is 0.0596 e. The van der Waals surface area contributed by atoms with Gasteiger partial charge in [0.15, 0.2) is 0 Å². The van der Waals surface area contributed by atoms with Gasteiger partial charge >= 0.3 is 0 Å². The van der Waals surface area contributed by atoms with Crippen molar-refractivity contribution in [2.45, 2.75) is 33.7 Å². The van der Waals surface area contributed by atoms with Crippen LogP contribution in [0, 0.1) is 13.8 Å². The molecule has 1 N–H and O–H groups in total. The quantitative estimate of drug-likeness (QED) is 0.787. The van der Waals surface area contributed by atoms with Crippen LogP contribution in [0.1, 0.15) is 30.3 Å². The number of hydrogen-bond donors (Lipinski definition) is 1. The van der Waals surface area contributed by atoms with Crippen LogP contribution >= 0.6 is 0 Å². The molecule has 0 aliphatic carbocycles. The van der Waals surface area contributed by atoms with Crippen molar-refractivity contribution in [1.29, 1.82) is 0 Å². The maximum absolute atomic E-state index is 4.48. The van der Waals surface area contributed by atoms with E-state index in [1.165, 1.54) is 16.8 Å². The highest BCUT2D eigenvalue weighted by Crippen LogP contribution is 2.05. The zero-order chi connectivity index (χ0) is 15.1. The zero-order valence-corrected chi connectivity index (χ0v) is 13.3. The number of nitrogens with zero attached hydrogens (tertiary/aromatic N) is 2. The summed E-state index contributed by atoms with van der Waals surface area (Å²) in [4.78, 5) is 0. The first-order valence-electron chi connectivity index (χ1n) is 7.59. The third-order valence-corrected chi connectivity index (χ3v) is 3.44. The Morgan fingerprint density at radius 1 is 1.24 bits per heavy atom. The largest absolute Gasteiger partial charge is 0.313 e. The van der Waals surface area contributed by atoms with Crippen LogP contribution in [-0.2, 0) is 6.54 Å².